The van der Waals surface area contributed by atoms with Gasteiger partial charge in [-0.3, -0.25) is 9.59 Å². The van der Waals surface area contributed by atoms with Gasteiger partial charge in [0.15, 0.2) is 0 Å². The van der Waals surface area contributed by atoms with Gasteiger partial charge in [-0.2, -0.15) is 10.2 Å². The molecule has 0 aliphatic carbocycles. The second kappa shape index (κ2) is 7.67. The van der Waals surface area contributed by atoms with E-state index in [1.54, 1.807) is 18.2 Å². The maximum atomic E-state index is 13.1. The predicted octanol–water partition coefficient (Wildman–Crippen LogP) is 2.90. The van der Waals surface area contributed by atoms with Crippen molar-refractivity contribution in [2.45, 2.75) is 19.9 Å². The third-order valence-electron chi connectivity index (χ3n) is 4.60. The number of para-hydroxylation sites is 1. The van der Waals surface area contributed by atoms with Gasteiger partial charge in [0.25, 0.3) is 5.56 Å². The molecule has 0 aliphatic rings. The molecule has 146 valence electrons. The van der Waals surface area contributed by atoms with Crippen LogP contribution in [0.25, 0.3) is 16.8 Å². The largest absolute Gasteiger partial charge is 0.324 e. The summed E-state index contributed by atoms with van der Waals surface area (Å²) in [5.41, 5.74) is 2.76. The molecule has 0 unspecified atom stereocenters. The van der Waals surface area contributed by atoms with Crippen molar-refractivity contribution in [3.63, 3.8) is 0 Å². The van der Waals surface area contributed by atoms with Crippen LogP contribution in [0.5, 0.6) is 0 Å². The molecule has 2 aromatic heterocycles. The zero-order valence-electron chi connectivity index (χ0n) is 15.7. The van der Waals surface area contributed by atoms with Crippen molar-refractivity contribution in [3.05, 3.63) is 82.7 Å². The molecule has 0 saturated heterocycles. The molecule has 29 heavy (non-hydrogen) atoms. The number of hydrogen-bond acceptors (Lipinski definition) is 4. The topological polar surface area (TPSA) is 81.3 Å². The maximum Gasteiger partial charge on any atom is 0.293 e. The van der Waals surface area contributed by atoms with Crippen LogP contribution >= 0.6 is 0 Å². The second-order valence-electron chi connectivity index (χ2n) is 6.52. The minimum Gasteiger partial charge on any atom is -0.324 e. The van der Waals surface area contributed by atoms with Crippen LogP contribution in [0.15, 0.2) is 65.7 Å². The van der Waals surface area contributed by atoms with Crippen molar-refractivity contribution in [1.82, 2.24) is 19.4 Å². The SMILES string of the molecule is CCc1ccccc1NC(=O)Cn1ncn2nc(-c3ccc(F)cc3)cc2c1=O. The summed E-state index contributed by atoms with van der Waals surface area (Å²) < 4.78 is 15.6. The average molecular weight is 391 g/mol. The number of halogens is 1. The van der Waals surface area contributed by atoms with E-state index in [9.17, 15) is 14.0 Å². The van der Waals surface area contributed by atoms with E-state index in [0.29, 0.717) is 11.3 Å². The number of benzene rings is 2. The van der Waals surface area contributed by atoms with E-state index in [1.165, 1.54) is 23.0 Å². The third kappa shape index (κ3) is 3.77. The molecule has 4 aromatic rings. The predicted molar refractivity (Wildman–Crippen MR) is 107 cm³/mol. The fraction of sp³-hybridized carbons (Fsp3) is 0.143. The van der Waals surface area contributed by atoms with E-state index >= 15 is 0 Å². The van der Waals surface area contributed by atoms with Crippen molar-refractivity contribution in [1.29, 1.82) is 0 Å². The van der Waals surface area contributed by atoms with Crippen LogP contribution in [-0.2, 0) is 17.8 Å². The molecule has 0 saturated carbocycles. The number of aromatic nitrogens is 4. The molecule has 0 spiro atoms. The van der Waals surface area contributed by atoms with Crippen molar-refractivity contribution in [2.24, 2.45) is 0 Å². The molecule has 0 bridgehead atoms. The zero-order valence-corrected chi connectivity index (χ0v) is 15.7. The number of hydrogen-bond donors (Lipinski definition) is 1. The van der Waals surface area contributed by atoms with Gasteiger partial charge in [0.05, 0.1) is 5.69 Å². The van der Waals surface area contributed by atoms with Gasteiger partial charge >= 0.3 is 0 Å². The van der Waals surface area contributed by atoms with E-state index in [2.05, 4.69) is 15.5 Å². The lowest BCUT2D eigenvalue weighted by molar-refractivity contribution is -0.117. The molecule has 2 aromatic carbocycles. The van der Waals surface area contributed by atoms with E-state index in [4.69, 9.17) is 0 Å². The summed E-state index contributed by atoms with van der Waals surface area (Å²) in [5, 5.41) is 11.2. The van der Waals surface area contributed by atoms with Crippen LogP contribution in [0.1, 0.15) is 12.5 Å². The lowest BCUT2D eigenvalue weighted by atomic mass is 10.1. The van der Waals surface area contributed by atoms with Crippen molar-refractivity contribution >= 4 is 17.1 Å². The second-order valence-corrected chi connectivity index (χ2v) is 6.52. The Bertz CT molecular complexity index is 1240. The Balaban J connectivity index is 1.59. The summed E-state index contributed by atoms with van der Waals surface area (Å²) in [7, 11) is 0. The summed E-state index contributed by atoms with van der Waals surface area (Å²) in [6.07, 6.45) is 2.15. The number of aryl methyl sites for hydroxylation is 1. The Morgan fingerprint density at radius 1 is 1.14 bits per heavy atom. The zero-order chi connectivity index (χ0) is 20.4. The number of fused-ring (bicyclic) bond motifs is 1. The molecule has 0 aliphatic heterocycles. The van der Waals surface area contributed by atoms with Crippen molar-refractivity contribution in [2.75, 3.05) is 5.32 Å². The van der Waals surface area contributed by atoms with Crippen molar-refractivity contribution < 1.29 is 9.18 Å². The van der Waals surface area contributed by atoms with Crippen LogP contribution < -0.4 is 10.9 Å². The summed E-state index contributed by atoms with van der Waals surface area (Å²) in [5.74, 6) is -0.694. The summed E-state index contributed by atoms with van der Waals surface area (Å²) in [6, 6.07) is 14.9. The van der Waals surface area contributed by atoms with E-state index in [1.807, 2.05) is 31.2 Å². The first-order chi connectivity index (χ1) is 14.0. The molecular formula is C21H18FN5O2. The van der Waals surface area contributed by atoms with Crippen LogP contribution in [-0.4, -0.2) is 25.3 Å². The van der Waals surface area contributed by atoms with Gasteiger partial charge in [0, 0.05) is 11.3 Å². The number of nitrogens with one attached hydrogen (secondary N) is 1. The number of anilines is 1. The van der Waals surface area contributed by atoms with E-state index in [-0.39, 0.29) is 23.8 Å². The molecule has 1 N–H and O–H groups in total. The third-order valence-corrected chi connectivity index (χ3v) is 4.60. The molecule has 2 heterocycles. The number of carbonyl (C=O) groups is 1. The highest BCUT2D eigenvalue weighted by Crippen LogP contribution is 2.18. The average Bonchev–Trinajstić information content (AvgIpc) is 3.16. The molecule has 4 rings (SSSR count). The number of carbonyl (C=O) groups excluding carboxylic acids is 1. The van der Waals surface area contributed by atoms with Crippen LogP contribution in [0, 0.1) is 5.82 Å². The van der Waals surface area contributed by atoms with Gasteiger partial charge in [-0.1, -0.05) is 25.1 Å². The summed E-state index contributed by atoms with van der Waals surface area (Å²) in [6.45, 7) is 1.79. The Hall–Kier alpha value is -3.81. The maximum absolute atomic E-state index is 13.1. The normalized spacial score (nSPS) is 11.0. The number of amides is 1. The van der Waals surface area contributed by atoms with Crippen LogP contribution in [0.3, 0.4) is 0 Å². The smallest absolute Gasteiger partial charge is 0.293 e. The molecule has 0 fully saturated rings. The summed E-state index contributed by atoms with van der Waals surface area (Å²) >= 11 is 0. The van der Waals surface area contributed by atoms with E-state index < -0.39 is 5.56 Å². The molecule has 1 amide bonds. The van der Waals surface area contributed by atoms with Gasteiger partial charge in [-0.25, -0.2) is 13.6 Å². The molecule has 7 nitrogen and oxygen atoms in total. The van der Waals surface area contributed by atoms with Gasteiger partial charge in [-0.15, -0.1) is 0 Å². The van der Waals surface area contributed by atoms with E-state index in [0.717, 1.165) is 22.4 Å². The monoisotopic (exact) mass is 391 g/mol. The van der Waals surface area contributed by atoms with Gasteiger partial charge in [-0.05, 0) is 48.4 Å². The Labute approximate surface area is 165 Å². The minimum atomic E-state index is -0.438. The highest BCUT2D eigenvalue weighted by atomic mass is 19.1. The first-order valence-corrected chi connectivity index (χ1v) is 9.14. The molecule has 0 atom stereocenters. The standard InChI is InChI=1S/C21H18FN5O2/c1-2-14-5-3-4-6-17(14)24-20(28)12-26-21(29)19-11-18(25-27(19)13-23-26)15-7-9-16(22)10-8-15/h3-11,13H,2,12H2,1H3,(H,24,28). The van der Waals surface area contributed by atoms with Gasteiger partial charge in [0.1, 0.15) is 24.2 Å². The first kappa shape index (κ1) is 18.5. The number of rotatable bonds is 5. The number of nitrogens with zero attached hydrogens (tertiary/aromatic N) is 4. The molecule has 0 radical (unpaired) electrons. The van der Waals surface area contributed by atoms with Gasteiger partial charge in [0.2, 0.25) is 5.91 Å². The fourth-order valence-corrected chi connectivity index (χ4v) is 3.09. The first-order valence-electron chi connectivity index (χ1n) is 9.14. The summed E-state index contributed by atoms with van der Waals surface area (Å²) in [4.78, 5) is 25.2. The highest BCUT2D eigenvalue weighted by Gasteiger charge is 2.13. The van der Waals surface area contributed by atoms with Crippen LogP contribution in [0.2, 0.25) is 0 Å². The Morgan fingerprint density at radius 2 is 1.90 bits per heavy atom. The Kier molecular flexibility index (Phi) is 4.90. The Morgan fingerprint density at radius 3 is 2.66 bits per heavy atom. The van der Waals surface area contributed by atoms with Crippen LogP contribution in [0.4, 0.5) is 10.1 Å². The lowest BCUT2D eigenvalue weighted by Crippen LogP contribution is -2.30. The van der Waals surface area contributed by atoms with Gasteiger partial charge < -0.3 is 5.32 Å². The quantitative estimate of drug-likeness (QED) is 0.567. The fourth-order valence-electron chi connectivity index (χ4n) is 3.09. The molecule has 8 heteroatoms. The lowest BCUT2D eigenvalue weighted by Gasteiger charge is -2.10. The molecular weight excluding hydrogens is 373 g/mol. The minimum absolute atomic E-state index is 0.218. The highest BCUT2D eigenvalue weighted by molar-refractivity contribution is 5.91. The van der Waals surface area contributed by atoms with Crippen molar-refractivity contribution in [3.8, 4) is 11.3 Å².